The van der Waals surface area contributed by atoms with Crippen LogP contribution in [0.5, 0.6) is 11.5 Å². The molecule has 0 N–H and O–H groups in total. The summed E-state index contributed by atoms with van der Waals surface area (Å²) < 4.78 is 5.70. The Morgan fingerprint density at radius 2 is 2.00 bits per heavy atom. The topological polar surface area (TPSA) is 76.2 Å². The smallest absolute Gasteiger partial charge is 0.311 e. The lowest BCUT2D eigenvalue weighted by Gasteiger charge is -2.10. The predicted molar refractivity (Wildman–Crippen MR) is 82.9 cm³/mol. The molecule has 6 heteroatoms. The number of nitriles is 1. The molecule has 2 rings (SSSR count). The monoisotopic (exact) mass is 300 g/mol. The van der Waals surface area contributed by atoms with Crippen molar-refractivity contribution >= 4 is 19.6 Å². The molecule has 0 aromatic heterocycles. The van der Waals surface area contributed by atoms with Crippen molar-refractivity contribution in [2.24, 2.45) is 0 Å². The maximum atomic E-state index is 11.1. The second kappa shape index (κ2) is 6.34. The standard InChI is InChI=1S/C15H13N2O3P/c1-10-3-4-11(9-16)7-14(10)20-15-8-12(21-2)5-6-13(15)17(18)19/h3-8,21H,1-2H3. The molecule has 2 aromatic carbocycles. The number of ether oxygens (including phenoxy) is 1. The maximum Gasteiger partial charge on any atom is 0.311 e. The maximum absolute atomic E-state index is 11.1. The molecular formula is C15H13N2O3P. The van der Waals surface area contributed by atoms with Crippen LogP contribution in [0.25, 0.3) is 0 Å². The van der Waals surface area contributed by atoms with Gasteiger partial charge in [0, 0.05) is 6.07 Å². The van der Waals surface area contributed by atoms with Crippen LogP contribution in [0.3, 0.4) is 0 Å². The zero-order chi connectivity index (χ0) is 15.4. The molecule has 1 atom stereocenters. The lowest BCUT2D eigenvalue weighted by atomic mass is 10.1. The van der Waals surface area contributed by atoms with Gasteiger partial charge in [0.25, 0.3) is 0 Å². The highest BCUT2D eigenvalue weighted by Crippen LogP contribution is 2.33. The molecule has 0 aliphatic rings. The fourth-order valence-corrected chi connectivity index (χ4v) is 2.33. The third-order valence-electron chi connectivity index (χ3n) is 2.98. The third kappa shape index (κ3) is 3.36. The van der Waals surface area contributed by atoms with Gasteiger partial charge in [-0.15, -0.1) is 0 Å². The highest BCUT2D eigenvalue weighted by Gasteiger charge is 2.17. The van der Waals surface area contributed by atoms with Crippen LogP contribution >= 0.6 is 8.58 Å². The van der Waals surface area contributed by atoms with Crippen LogP contribution in [0.4, 0.5) is 5.69 Å². The van der Waals surface area contributed by atoms with Crippen LogP contribution in [0.2, 0.25) is 0 Å². The fraction of sp³-hybridized carbons (Fsp3) is 0.133. The van der Waals surface area contributed by atoms with E-state index in [0.717, 1.165) is 10.9 Å². The number of aryl methyl sites for hydroxylation is 1. The number of benzene rings is 2. The summed E-state index contributed by atoms with van der Waals surface area (Å²) in [7, 11) is 0.517. The predicted octanol–water partition coefficient (Wildman–Crippen LogP) is 3.50. The normalized spacial score (nSPS) is 10.5. The Bertz CT molecular complexity index is 738. The van der Waals surface area contributed by atoms with E-state index in [1.54, 1.807) is 30.3 Å². The van der Waals surface area contributed by atoms with Crippen LogP contribution in [-0.2, 0) is 0 Å². The average molecular weight is 300 g/mol. The summed E-state index contributed by atoms with van der Waals surface area (Å²) in [5.74, 6) is 0.652. The Balaban J connectivity index is 2.47. The molecule has 2 aromatic rings. The summed E-state index contributed by atoms with van der Waals surface area (Å²) in [6.45, 7) is 3.82. The van der Waals surface area contributed by atoms with E-state index in [1.807, 2.05) is 19.7 Å². The highest BCUT2D eigenvalue weighted by molar-refractivity contribution is 7.46. The molecule has 0 saturated carbocycles. The van der Waals surface area contributed by atoms with Crippen LogP contribution in [0.1, 0.15) is 11.1 Å². The van der Waals surface area contributed by atoms with Crippen molar-refractivity contribution in [2.75, 3.05) is 6.66 Å². The minimum atomic E-state index is -0.471. The Labute approximate surface area is 124 Å². The number of hydrogen-bond donors (Lipinski definition) is 0. The van der Waals surface area contributed by atoms with Gasteiger partial charge in [0.1, 0.15) is 5.75 Å². The molecule has 0 radical (unpaired) electrons. The summed E-state index contributed by atoms with van der Waals surface area (Å²) in [6.07, 6.45) is 0. The van der Waals surface area contributed by atoms with Crippen LogP contribution in [0.15, 0.2) is 36.4 Å². The van der Waals surface area contributed by atoms with Gasteiger partial charge in [-0.3, -0.25) is 10.1 Å². The zero-order valence-corrected chi connectivity index (χ0v) is 12.6. The molecule has 0 aliphatic carbocycles. The van der Waals surface area contributed by atoms with Crippen molar-refractivity contribution in [1.82, 2.24) is 0 Å². The van der Waals surface area contributed by atoms with Crippen molar-refractivity contribution in [2.45, 2.75) is 6.92 Å². The lowest BCUT2D eigenvalue weighted by molar-refractivity contribution is -0.385. The Hall–Kier alpha value is -2.44. The van der Waals surface area contributed by atoms with E-state index in [1.165, 1.54) is 6.07 Å². The van der Waals surface area contributed by atoms with Gasteiger partial charge >= 0.3 is 5.69 Å². The van der Waals surface area contributed by atoms with Gasteiger partial charge in [-0.25, -0.2) is 0 Å². The molecule has 0 aliphatic heterocycles. The SMILES string of the molecule is CPc1ccc([N+](=O)[O-])c(Oc2cc(C#N)ccc2C)c1. The first-order valence-corrected chi connectivity index (χ1v) is 7.70. The minimum Gasteiger partial charge on any atom is -0.450 e. The molecule has 106 valence electrons. The highest BCUT2D eigenvalue weighted by atomic mass is 31.1. The van der Waals surface area contributed by atoms with Crippen molar-refractivity contribution in [3.05, 3.63) is 57.6 Å². The second-order valence-corrected chi connectivity index (χ2v) is 5.46. The molecule has 0 bridgehead atoms. The van der Waals surface area contributed by atoms with E-state index in [2.05, 4.69) is 0 Å². The molecule has 0 saturated heterocycles. The molecule has 0 spiro atoms. The molecule has 0 amide bonds. The number of nitrogens with zero attached hydrogens (tertiary/aromatic N) is 2. The van der Waals surface area contributed by atoms with Crippen LogP contribution in [0, 0.1) is 28.4 Å². The van der Waals surface area contributed by atoms with E-state index >= 15 is 0 Å². The summed E-state index contributed by atoms with van der Waals surface area (Å²) in [4.78, 5) is 10.6. The van der Waals surface area contributed by atoms with E-state index in [9.17, 15) is 10.1 Å². The van der Waals surface area contributed by atoms with Gasteiger partial charge in [-0.05, 0) is 48.7 Å². The molecule has 0 heterocycles. The first kappa shape index (κ1) is 15.0. The largest absolute Gasteiger partial charge is 0.450 e. The fourth-order valence-electron chi connectivity index (χ4n) is 1.80. The zero-order valence-electron chi connectivity index (χ0n) is 11.6. The quantitative estimate of drug-likeness (QED) is 0.492. The van der Waals surface area contributed by atoms with E-state index in [0.29, 0.717) is 19.9 Å². The number of nitro benzene ring substituents is 1. The molecule has 1 unspecified atom stereocenters. The van der Waals surface area contributed by atoms with Crippen molar-refractivity contribution in [1.29, 1.82) is 5.26 Å². The number of hydrogen-bond acceptors (Lipinski definition) is 4. The lowest BCUT2D eigenvalue weighted by Crippen LogP contribution is -2.00. The Kier molecular flexibility index (Phi) is 4.52. The summed E-state index contributed by atoms with van der Waals surface area (Å²) >= 11 is 0. The van der Waals surface area contributed by atoms with Gasteiger partial charge in [0.2, 0.25) is 5.75 Å². The van der Waals surface area contributed by atoms with Crippen LogP contribution < -0.4 is 10.0 Å². The number of nitro groups is 1. The Morgan fingerprint density at radius 1 is 1.24 bits per heavy atom. The van der Waals surface area contributed by atoms with Gasteiger partial charge < -0.3 is 4.74 Å². The Morgan fingerprint density at radius 3 is 2.62 bits per heavy atom. The summed E-state index contributed by atoms with van der Waals surface area (Å²) in [5, 5.41) is 21.0. The molecular weight excluding hydrogens is 287 g/mol. The third-order valence-corrected chi connectivity index (χ3v) is 3.87. The van der Waals surface area contributed by atoms with E-state index in [-0.39, 0.29) is 11.4 Å². The summed E-state index contributed by atoms with van der Waals surface area (Å²) in [6, 6.07) is 11.9. The van der Waals surface area contributed by atoms with Crippen molar-refractivity contribution in [3.63, 3.8) is 0 Å². The van der Waals surface area contributed by atoms with Gasteiger partial charge in [0.15, 0.2) is 0 Å². The van der Waals surface area contributed by atoms with Crippen LogP contribution in [-0.4, -0.2) is 11.6 Å². The van der Waals surface area contributed by atoms with E-state index in [4.69, 9.17) is 10.00 Å². The first-order valence-electron chi connectivity index (χ1n) is 6.20. The van der Waals surface area contributed by atoms with Gasteiger partial charge in [-0.1, -0.05) is 14.6 Å². The summed E-state index contributed by atoms with van der Waals surface area (Å²) in [5.41, 5.74) is 1.18. The van der Waals surface area contributed by atoms with Crippen molar-refractivity contribution in [3.8, 4) is 17.6 Å². The second-order valence-electron chi connectivity index (χ2n) is 4.38. The van der Waals surface area contributed by atoms with E-state index < -0.39 is 4.92 Å². The number of rotatable bonds is 4. The molecule has 5 nitrogen and oxygen atoms in total. The molecule has 0 fully saturated rings. The minimum absolute atomic E-state index is 0.0845. The van der Waals surface area contributed by atoms with Gasteiger partial charge in [-0.2, -0.15) is 5.26 Å². The first-order chi connectivity index (χ1) is 10.0. The van der Waals surface area contributed by atoms with Gasteiger partial charge in [0.05, 0.1) is 16.6 Å². The average Bonchev–Trinajstić information content (AvgIpc) is 2.49. The van der Waals surface area contributed by atoms with Crippen molar-refractivity contribution < 1.29 is 9.66 Å². The molecule has 21 heavy (non-hydrogen) atoms.